The fourth-order valence-corrected chi connectivity index (χ4v) is 5.31. The van der Waals surface area contributed by atoms with Crippen molar-refractivity contribution >= 4 is 23.6 Å². The van der Waals surface area contributed by atoms with E-state index in [4.69, 9.17) is 0 Å². The van der Waals surface area contributed by atoms with Gasteiger partial charge in [-0.1, -0.05) is 57.0 Å². The largest absolute Gasteiger partial charge is 0.339 e. The number of carbonyl (C=O) groups is 2. The Hall–Kier alpha value is -1.49. The summed E-state index contributed by atoms with van der Waals surface area (Å²) in [4.78, 5) is 29.7. The topological polar surface area (TPSA) is 40.6 Å². The third-order valence-corrected chi connectivity index (χ3v) is 7.33. The van der Waals surface area contributed by atoms with E-state index in [0.29, 0.717) is 38.0 Å². The van der Waals surface area contributed by atoms with Gasteiger partial charge in [0, 0.05) is 37.8 Å². The maximum atomic E-state index is 13.1. The lowest BCUT2D eigenvalue weighted by Crippen LogP contribution is -2.54. The standard InChI is InChI=1S/C22H32N2O2S/c1-17(2)20(27-16-18-8-4-3-5-9-18)22(26)24-14-12-23(13-15-24)21(25)19-10-6-7-11-19/h3-5,8-9,17,19-20H,6-7,10-16H2,1-2H3. The van der Waals surface area contributed by atoms with Crippen molar-refractivity contribution in [3.63, 3.8) is 0 Å². The highest BCUT2D eigenvalue weighted by Gasteiger charge is 2.33. The van der Waals surface area contributed by atoms with E-state index in [1.165, 1.54) is 18.4 Å². The third kappa shape index (κ3) is 5.28. The number of amides is 2. The predicted molar refractivity (Wildman–Crippen MR) is 111 cm³/mol. The fraction of sp³-hybridized carbons (Fsp3) is 0.636. The monoisotopic (exact) mass is 388 g/mol. The number of hydrogen-bond acceptors (Lipinski definition) is 3. The van der Waals surface area contributed by atoms with Gasteiger partial charge >= 0.3 is 0 Å². The third-order valence-electron chi connectivity index (χ3n) is 5.73. The summed E-state index contributed by atoms with van der Waals surface area (Å²) in [5, 5.41) is -0.0257. The maximum absolute atomic E-state index is 13.1. The summed E-state index contributed by atoms with van der Waals surface area (Å²) in [7, 11) is 0. The number of nitrogens with zero attached hydrogens (tertiary/aromatic N) is 2. The molecule has 0 radical (unpaired) electrons. The summed E-state index contributed by atoms with van der Waals surface area (Å²) in [6, 6.07) is 10.3. The van der Waals surface area contributed by atoms with Crippen molar-refractivity contribution in [2.24, 2.45) is 11.8 Å². The van der Waals surface area contributed by atoms with Gasteiger partial charge in [-0.05, 0) is 24.3 Å². The van der Waals surface area contributed by atoms with E-state index >= 15 is 0 Å². The Morgan fingerprint density at radius 3 is 2.19 bits per heavy atom. The van der Waals surface area contributed by atoms with Crippen LogP contribution in [0.5, 0.6) is 0 Å². The second kappa shape index (κ2) is 9.63. The molecule has 2 amide bonds. The van der Waals surface area contributed by atoms with E-state index in [1.54, 1.807) is 11.8 Å². The second-order valence-electron chi connectivity index (χ2n) is 8.09. The molecule has 1 aliphatic carbocycles. The molecule has 1 aliphatic heterocycles. The molecule has 0 bridgehead atoms. The molecule has 148 valence electrons. The van der Waals surface area contributed by atoms with Crippen LogP contribution in [0.15, 0.2) is 30.3 Å². The van der Waals surface area contributed by atoms with Crippen molar-refractivity contribution in [1.82, 2.24) is 9.80 Å². The Morgan fingerprint density at radius 2 is 1.59 bits per heavy atom. The fourth-order valence-electron chi connectivity index (χ4n) is 4.07. The molecule has 4 nitrogen and oxygen atoms in total. The van der Waals surface area contributed by atoms with Crippen LogP contribution in [0.3, 0.4) is 0 Å². The number of hydrogen-bond donors (Lipinski definition) is 0. The maximum Gasteiger partial charge on any atom is 0.236 e. The van der Waals surface area contributed by atoms with Crippen molar-refractivity contribution in [1.29, 1.82) is 0 Å². The molecule has 0 N–H and O–H groups in total. The van der Waals surface area contributed by atoms with Crippen molar-refractivity contribution < 1.29 is 9.59 Å². The van der Waals surface area contributed by atoms with Crippen molar-refractivity contribution in [3.8, 4) is 0 Å². The van der Waals surface area contributed by atoms with Crippen LogP contribution in [0, 0.1) is 11.8 Å². The number of rotatable bonds is 6. The van der Waals surface area contributed by atoms with Crippen LogP contribution in [-0.4, -0.2) is 53.0 Å². The van der Waals surface area contributed by atoms with Crippen LogP contribution in [0.1, 0.15) is 45.1 Å². The van der Waals surface area contributed by atoms with Crippen LogP contribution in [0.2, 0.25) is 0 Å². The molecule has 2 aliphatic rings. The quantitative estimate of drug-likeness (QED) is 0.744. The summed E-state index contributed by atoms with van der Waals surface area (Å²) >= 11 is 1.74. The normalized spacial score (nSPS) is 19.5. The molecule has 0 aromatic heterocycles. The van der Waals surface area contributed by atoms with Crippen LogP contribution in [-0.2, 0) is 15.3 Å². The molecule has 5 heteroatoms. The minimum atomic E-state index is -0.0257. The van der Waals surface area contributed by atoms with Gasteiger partial charge in [0.15, 0.2) is 0 Å². The predicted octanol–water partition coefficient (Wildman–Crippen LogP) is 3.81. The molecule has 0 spiro atoms. The highest BCUT2D eigenvalue weighted by Crippen LogP contribution is 2.28. The minimum Gasteiger partial charge on any atom is -0.339 e. The summed E-state index contributed by atoms with van der Waals surface area (Å²) in [6.07, 6.45) is 4.46. The summed E-state index contributed by atoms with van der Waals surface area (Å²) < 4.78 is 0. The zero-order chi connectivity index (χ0) is 19.2. The first-order chi connectivity index (χ1) is 13.1. The Balaban J connectivity index is 1.52. The van der Waals surface area contributed by atoms with Gasteiger partial charge in [-0.25, -0.2) is 0 Å². The van der Waals surface area contributed by atoms with Crippen molar-refractivity contribution in [2.75, 3.05) is 26.2 Å². The first-order valence-corrected chi connectivity index (χ1v) is 11.3. The summed E-state index contributed by atoms with van der Waals surface area (Å²) in [5.41, 5.74) is 1.26. The molecule has 1 aromatic carbocycles. The molecular formula is C22H32N2O2S. The SMILES string of the molecule is CC(C)C(SCc1ccccc1)C(=O)N1CCN(C(=O)C2CCCC2)CC1. The molecular weight excluding hydrogens is 356 g/mol. The minimum absolute atomic E-state index is 0.0257. The highest BCUT2D eigenvalue weighted by atomic mass is 32.2. The number of benzene rings is 1. The van der Waals surface area contributed by atoms with E-state index in [-0.39, 0.29) is 17.1 Å². The molecule has 27 heavy (non-hydrogen) atoms. The van der Waals surface area contributed by atoms with Crippen molar-refractivity contribution in [3.05, 3.63) is 35.9 Å². The Bertz CT molecular complexity index is 620. The lowest BCUT2D eigenvalue weighted by Gasteiger charge is -2.38. The molecule has 1 atom stereocenters. The lowest BCUT2D eigenvalue weighted by molar-refractivity contribution is -0.142. The molecule has 1 saturated heterocycles. The van der Waals surface area contributed by atoms with Gasteiger partial charge in [0.25, 0.3) is 0 Å². The average Bonchev–Trinajstić information content (AvgIpc) is 3.23. The first-order valence-electron chi connectivity index (χ1n) is 10.3. The zero-order valence-corrected chi connectivity index (χ0v) is 17.4. The van der Waals surface area contributed by atoms with Crippen LogP contribution < -0.4 is 0 Å². The number of thioether (sulfide) groups is 1. The Labute approximate surface area is 167 Å². The van der Waals surface area contributed by atoms with Gasteiger partial charge in [0.2, 0.25) is 11.8 Å². The lowest BCUT2D eigenvalue weighted by atomic mass is 10.1. The van der Waals surface area contributed by atoms with Crippen molar-refractivity contribution in [2.45, 2.75) is 50.5 Å². The first kappa shape index (κ1) is 20.2. The Kier molecular flexibility index (Phi) is 7.22. The molecule has 1 heterocycles. The van der Waals surface area contributed by atoms with Gasteiger partial charge in [-0.3, -0.25) is 9.59 Å². The number of carbonyl (C=O) groups excluding carboxylic acids is 2. The molecule has 1 aromatic rings. The van der Waals surface area contributed by atoms with Gasteiger partial charge in [0.1, 0.15) is 0 Å². The van der Waals surface area contributed by atoms with E-state index in [1.807, 2.05) is 28.0 Å². The highest BCUT2D eigenvalue weighted by molar-refractivity contribution is 7.99. The van der Waals surface area contributed by atoms with Crippen LogP contribution in [0.25, 0.3) is 0 Å². The van der Waals surface area contributed by atoms with E-state index in [9.17, 15) is 9.59 Å². The van der Waals surface area contributed by atoms with E-state index in [2.05, 4.69) is 26.0 Å². The molecule has 2 fully saturated rings. The van der Waals surface area contributed by atoms with Gasteiger partial charge in [-0.2, -0.15) is 0 Å². The second-order valence-corrected chi connectivity index (χ2v) is 9.22. The van der Waals surface area contributed by atoms with Gasteiger partial charge < -0.3 is 9.80 Å². The smallest absolute Gasteiger partial charge is 0.236 e. The molecule has 1 unspecified atom stereocenters. The Morgan fingerprint density at radius 1 is 1.00 bits per heavy atom. The van der Waals surface area contributed by atoms with Crippen LogP contribution in [0.4, 0.5) is 0 Å². The summed E-state index contributed by atoms with van der Waals surface area (Å²) in [5.74, 6) is 1.94. The average molecular weight is 389 g/mol. The molecule has 3 rings (SSSR count). The summed E-state index contributed by atoms with van der Waals surface area (Å²) in [6.45, 7) is 6.98. The van der Waals surface area contributed by atoms with E-state index < -0.39 is 0 Å². The van der Waals surface area contributed by atoms with Crippen LogP contribution >= 0.6 is 11.8 Å². The zero-order valence-electron chi connectivity index (χ0n) is 16.6. The van der Waals surface area contributed by atoms with Gasteiger partial charge in [0.05, 0.1) is 5.25 Å². The van der Waals surface area contributed by atoms with E-state index in [0.717, 1.165) is 18.6 Å². The van der Waals surface area contributed by atoms with Gasteiger partial charge in [-0.15, -0.1) is 11.8 Å². The number of piperazine rings is 1. The molecule has 1 saturated carbocycles.